The van der Waals surface area contributed by atoms with Gasteiger partial charge in [-0.25, -0.2) is 8.42 Å². The normalized spacial score (nSPS) is 23.1. The number of rotatable bonds is 5. The van der Waals surface area contributed by atoms with Crippen LogP contribution < -0.4 is 10.0 Å². The molecule has 1 unspecified atom stereocenters. The molecule has 3 fully saturated rings. The fraction of sp³-hybridized carbons (Fsp3) is 0.348. The van der Waals surface area contributed by atoms with Crippen molar-refractivity contribution in [3.05, 3.63) is 54.3 Å². The number of nitrogens with one attached hydrogen (secondary N) is 2. The smallest absolute Gasteiger partial charge is 0.287 e. The lowest BCUT2D eigenvalue weighted by Crippen LogP contribution is -2.57. The lowest BCUT2D eigenvalue weighted by Gasteiger charge is -2.44. The van der Waals surface area contributed by atoms with Crippen molar-refractivity contribution >= 4 is 32.6 Å². The van der Waals surface area contributed by atoms with Crippen LogP contribution in [0.4, 0.5) is 5.69 Å². The van der Waals surface area contributed by atoms with Crippen LogP contribution >= 0.6 is 0 Å². The number of anilines is 1. The van der Waals surface area contributed by atoms with Gasteiger partial charge in [-0.2, -0.15) is 0 Å². The van der Waals surface area contributed by atoms with Crippen molar-refractivity contribution in [1.29, 1.82) is 0 Å². The average molecular weight is 440 g/mol. The maximum Gasteiger partial charge on any atom is 0.287 e. The minimum absolute atomic E-state index is 0.168. The standard InChI is InChI=1S/C23H25N3O4S/c1-31(28,29)25-18-6-2-4-16(12-18)19-7-3-5-17-13-21(30-22(17)19)23(27)24-20-14-26-10-8-15(20)9-11-26/h2-7,12-13,15,20,25H,8-11,14H2,1H3,(H,24,27). The van der Waals surface area contributed by atoms with Crippen molar-refractivity contribution < 1.29 is 17.6 Å². The summed E-state index contributed by atoms with van der Waals surface area (Å²) >= 11 is 0. The number of sulfonamides is 1. The van der Waals surface area contributed by atoms with Crippen LogP contribution in [0.2, 0.25) is 0 Å². The molecule has 1 amide bonds. The zero-order valence-corrected chi connectivity index (χ0v) is 18.1. The number of hydrogen-bond acceptors (Lipinski definition) is 5. The summed E-state index contributed by atoms with van der Waals surface area (Å²) < 4.78 is 31.7. The SMILES string of the molecule is CS(=O)(=O)Nc1cccc(-c2cccc3cc(C(=O)NC4CN5CCC4CC5)oc23)c1. The lowest BCUT2D eigenvalue weighted by atomic mass is 9.84. The Labute approximate surface area is 181 Å². The second-order valence-electron chi connectivity index (χ2n) is 8.51. The van der Waals surface area contributed by atoms with Crippen molar-refractivity contribution in [1.82, 2.24) is 10.2 Å². The topological polar surface area (TPSA) is 91.6 Å². The molecule has 31 heavy (non-hydrogen) atoms. The highest BCUT2D eigenvalue weighted by Crippen LogP contribution is 2.33. The first-order valence-corrected chi connectivity index (χ1v) is 12.4. The van der Waals surface area contributed by atoms with Crippen LogP contribution in [-0.4, -0.2) is 51.2 Å². The summed E-state index contributed by atoms with van der Waals surface area (Å²) in [5.41, 5.74) is 2.69. The molecule has 3 aliphatic heterocycles. The van der Waals surface area contributed by atoms with Crippen molar-refractivity contribution in [2.75, 3.05) is 30.6 Å². The third kappa shape index (κ3) is 4.18. The van der Waals surface area contributed by atoms with Crippen LogP contribution in [0.3, 0.4) is 0 Å². The van der Waals surface area contributed by atoms with E-state index < -0.39 is 10.0 Å². The van der Waals surface area contributed by atoms with Gasteiger partial charge in [-0.15, -0.1) is 0 Å². The van der Waals surface area contributed by atoms with Crippen LogP contribution in [0.1, 0.15) is 23.4 Å². The van der Waals surface area contributed by atoms with Gasteiger partial charge in [-0.1, -0.05) is 30.3 Å². The molecule has 8 heteroatoms. The van der Waals surface area contributed by atoms with E-state index in [1.54, 1.807) is 24.3 Å². The van der Waals surface area contributed by atoms with Crippen molar-refractivity contribution in [3.8, 4) is 11.1 Å². The molecule has 7 nitrogen and oxygen atoms in total. The molecule has 2 aromatic carbocycles. The van der Waals surface area contributed by atoms with E-state index in [1.165, 1.54) is 0 Å². The first-order chi connectivity index (χ1) is 14.9. The molecular weight excluding hydrogens is 414 g/mol. The molecule has 2 bridgehead atoms. The van der Waals surface area contributed by atoms with Gasteiger partial charge in [0.1, 0.15) is 5.58 Å². The molecule has 3 saturated heterocycles. The van der Waals surface area contributed by atoms with Crippen LogP contribution in [0.25, 0.3) is 22.1 Å². The van der Waals surface area contributed by atoms with E-state index in [2.05, 4.69) is 14.9 Å². The third-order valence-electron chi connectivity index (χ3n) is 6.22. The number of piperidine rings is 3. The summed E-state index contributed by atoms with van der Waals surface area (Å²) in [5.74, 6) is 0.650. The fourth-order valence-corrected chi connectivity index (χ4v) is 5.29. The zero-order chi connectivity index (χ0) is 21.6. The number of hydrogen-bond donors (Lipinski definition) is 2. The second-order valence-corrected chi connectivity index (χ2v) is 10.3. The van der Waals surface area contributed by atoms with Gasteiger partial charge in [-0.05, 0) is 55.6 Å². The molecule has 6 rings (SSSR count). The number of nitrogens with zero attached hydrogens (tertiary/aromatic N) is 1. The number of benzene rings is 2. The molecule has 0 aliphatic carbocycles. The summed E-state index contributed by atoms with van der Waals surface area (Å²) in [4.78, 5) is 15.3. The molecule has 162 valence electrons. The van der Waals surface area contributed by atoms with Crippen LogP contribution in [0, 0.1) is 5.92 Å². The second kappa shape index (κ2) is 7.69. The maximum atomic E-state index is 12.9. The largest absolute Gasteiger partial charge is 0.450 e. The van der Waals surface area contributed by atoms with E-state index in [0.29, 0.717) is 22.9 Å². The van der Waals surface area contributed by atoms with Gasteiger partial charge in [0, 0.05) is 29.2 Å². The van der Waals surface area contributed by atoms with E-state index in [-0.39, 0.29) is 11.9 Å². The summed E-state index contributed by atoms with van der Waals surface area (Å²) in [6.45, 7) is 3.15. The number of carbonyl (C=O) groups is 1. The minimum atomic E-state index is -3.37. The van der Waals surface area contributed by atoms with E-state index in [4.69, 9.17) is 4.42 Å². The molecule has 2 N–H and O–H groups in total. The molecule has 0 saturated carbocycles. The quantitative estimate of drug-likeness (QED) is 0.637. The number of para-hydroxylation sites is 1. The van der Waals surface area contributed by atoms with Gasteiger partial charge in [0.05, 0.1) is 6.26 Å². The third-order valence-corrected chi connectivity index (χ3v) is 6.82. The van der Waals surface area contributed by atoms with Crippen molar-refractivity contribution in [3.63, 3.8) is 0 Å². The summed E-state index contributed by atoms with van der Waals surface area (Å²) in [5, 5.41) is 4.00. The lowest BCUT2D eigenvalue weighted by molar-refractivity contribution is 0.0607. The molecule has 0 spiro atoms. The highest BCUT2D eigenvalue weighted by Gasteiger charge is 2.35. The van der Waals surface area contributed by atoms with E-state index in [1.807, 2.05) is 24.3 Å². The summed E-state index contributed by atoms with van der Waals surface area (Å²) in [6.07, 6.45) is 3.38. The Balaban J connectivity index is 1.43. The molecule has 3 aromatic rings. The highest BCUT2D eigenvalue weighted by atomic mass is 32.2. The number of amides is 1. The van der Waals surface area contributed by atoms with Gasteiger partial charge in [0.2, 0.25) is 10.0 Å². The fourth-order valence-electron chi connectivity index (χ4n) is 4.73. The summed E-state index contributed by atoms with van der Waals surface area (Å²) in [7, 11) is -3.37. The first kappa shape index (κ1) is 20.1. The Morgan fingerprint density at radius 3 is 2.58 bits per heavy atom. The van der Waals surface area contributed by atoms with Gasteiger partial charge in [-0.3, -0.25) is 9.52 Å². The Kier molecular flexibility index (Phi) is 4.98. The molecule has 1 atom stereocenters. The minimum Gasteiger partial charge on any atom is -0.450 e. The molecule has 3 aliphatic rings. The monoisotopic (exact) mass is 439 g/mol. The Hall–Kier alpha value is -2.84. The number of carbonyl (C=O) groups excluding carboxylic acids is 1. The van der Waals surface area contributed by atoms with E-state index >= 15 is 0 Å². The zero-order valence-electron chi connectivity index (χ0n) is 17.3. The van der Waals surface area contributed by atoms with Crippen molar-refractivity contribution in [2.45, 2.75) is 18.9 Å². The predicted molar refractivity (Wildman–Crippen MR) is 121 cm³/mol. The Bertz CT molecular complexity index is 1240. The summed E-state index contributed by atoms with van der Waals surface area (Å²) in [6, 6.07) is 14.8. The number of furan rings is 1. The van der Waals surface area contributed by atoms with Crippen LogP contribution in [-0.2, 0) is 10.0 Å². The van der Waals surface area contributed by atoms with Gasteiger partial charge in [0.15, 0.2) is 5.76 Å². The Morgan fingerprint density at radius 1 is 1.10 bits per heavy atom. The van der Waals surface area contributed by atoms with E-state index in [0.717, 1.165) is 55.2 Å². The van der Waals surface area contributed by atoms with Crippen LogP contribution in [0.15, 0.2) is 52.9 Å². The molecular formula is C23H25N3O4S. The first-order valence-electron chi connectivity index (χ1n) is 10.5. The average Bonchev–Trinajstić information content (AvgIpc) is 3.18. The molecule has 4 heterocycles. The number of fused-ring (bicyclic) bond motifs is 4. The Morgan fingerprint density at radius 2 is 1.87 bits per heavy atom. The van der Waals surface area contributed by atoms with Crippen LogP contribution in [0.5, 0.6) is 0 Å². The van der Waals surface area contributed by atoms with Gasteiger partial charge < -0.3 is 14.6 Å². The van der Waals surface area contributed by atoms with Crippen molar-refractivity contribution in [2.24, 2.45) is 5.92 Å². The maximum absolute atomic E-state index is 12.9. The predicted octanol–water partition coefficient (Wildman–Crippen LogP) is 3.30. The highest BCUT2D eigenvalue weighted by molar-refractivity contribution is 7.92. The van der Waals surface area contributed by atoms with E-state index in [9.17, 15) is 13.2 Å². The molecule has 1 aromatic heterocycles. The molecule has 0 radical (unpaired) electrons. The van der Waals surface area contributed by atoms with Gasteiger partial charge in [0.25, 0.3) is 5.91 Å². The van der Waals surface area contributed by atoms with Gasteiger partial charge >= 0.3 is 0 Å².